The van der Waals surface area contributed by atoms with Crippen LogP contribution in [-0.4, -0.2) is 44.5 Å². The second-order valence-electron chi connectivity index (χ2n) is 7.73. The van der Waals surface area contributed by atoms with Gasteiger partial charge >= 0.3 is 0 Å². The van der Waals surface area contributed by atoms with Crippen molar-refractivity contribution in [1.82, 2.24) is 14.3 Å². The van der Waals surface area contributed by atoms with Crippen LogP contribution in [0.25, 0.3) is 5.52 Å². The fourth-order valence-electron chi connectivity index (χ4n) is 3.79. The Morgan fingerprint density at radius 3 is 2.66 bits per heavy atom. The van der Waals surface area contributed by atoms with Gasteiger partial charge in [0.25, 0.3) is 0 Å². The summed E-state index contributed by atoms with van der Waals surface area (Å²) in [6, 6.07) is 4.29. The zero-order valence-corrected chi connectivity index (χ0v) is 18.4. The first kappa shape index (κ1) is 20.7. The number of nitriles is 1. The minimum absolute atomic E-state index is 0.118. The molecule has 7 nitrogen and oxygen atoms in total. The molecule has 1 aliphatic carbocycles. The quantitative estimate of drug-likeness (QED) is 0.369. The molecule has 1 saturated heterocycles. The van der Waals surface area contributed by atoms with Gasteiger partial charge in [-0.15, -0.1) is 0 Å². The zero-order valence-electron chi connectivity index (χ0n) is 16.0. The van der Waals surface area contributed by atoms with Crippen LogP contribution in [0.3, 0.4) is 0 Å². The molecule has 0 atom stereocenters. The van der Waals surface area contributed by atoms with Crippen molar-refractivity contribution in [3.63, 3.8) is 0 Å². The number of piperidine rings is 1. The molecule has 0 amide bonds. The third kappa shape index (κ3) is 3.80. The first-order valence-electron chi connectivity index (χ1n) is 9.42. The largest absolute Gasteiger partial charge is 0.306 e. The molecule has 152 valence electrons. The van der Waals surface area contributed by atoms with Gasteiger partial charge in [0.1, 0.15) is 10.5 Å². The first-order chi connectivity index (χ1) is 13.9. The highest BCUT2D eigenvalue weighted by atomic mass is 35.5. The van der Waals surface area contributed by atoms with E-state index in [0.29, 0.717) is 29.7 Å². The highest BCUT2D eigenvalue weighted by Gasteiger charge is 2.48. The number of pyridine rings is 1. The number of nitrogens with two attached hydrogens (primary N) is 1. The van der Waals surface area contributed by atoms with Crippen molar-refractivity contribution in [1.29, 1.82) is 16.1 Å². The lowest BCUT2D eigenvalue weighted by atomic mass is 9.89. The zero-order chi connectivity index (χ0) is 20.8. The van der Waals surface area contributed by atoms with E-state index in [9.17, 15) is 5.26 Å². The van der Waals surface area contributed by atoms with Gasteiger partial charge in [0, 0.05) is 11.1 Å². The van der Waals surface area contributed by atoms with Crippen LogP contribution in [0.2, 0.25) is 5.15 Å². The number of nitrogens with zero attached hydrogens (tertiary/aromatic N) is 4. The van der Waals surface area contributed by atoms with Crippen LogP contribution in [0.4, 0.5) is 0 Å². The molecular formula is C19H22ClN7S2. The second kappa shape index (κ2) is 7.93. The van der Waals surface area contributed by atoms with E-state index in [1.165, 1.54) is 0 Å². The summed E-state index contributed by atoms with van der Waals surface area (Å²) in [7, 11) is 2.13. The van der Waals surface area contributed by atoms with Crippen LogP contribution in [0, 0.1) is 27.6 Å². The maximum absolute atomic E-state index is 9.32. The molecule has 1 aliphatic heterocycles. The third-order valence-corrected chi connectivity index (χ3v) is 7.54. The molecule has 2 aromatic rings. The van der Waals surface area contributed by atoms with Crippen LogP contribution in [0.5, 0.6) is 0 Å². The lowest BCUT2D eigenvalue weighted by molar-refractivity contribution is 0.255. The van der Waals surface area contributed by atoms with Crippen molar-refractivity contribution in [2.45, 2.75) is 36.5 Å². The van der Waals surface area contributed by atoms with Crippen LogP contribution < -0.4 is 5.14 Å². The highest BCUT2D eigenvalue weighted by molar-refractivity contribution is 8.26. The van der Waals surface area contributed by atoms with Gasteiger partial charge in [-0.05, 0) is 75.3 Å². The summed E-state index contributed by atoms with van der Waals surface area (Å²) < 4.78 is 1.83. The molecule has 2 fully saturated rings. The standard InChI is InChI=1S/C19H22ClN7S2/c1-26-6-2-11(3-7-26)13-8-12(29-24)9-27-14(13)15(20)25-17(27)16(22)28-18(23)19(10-21)4-5-19/h8-9,11,22-23H,2-7,24H2,1H3. The summed E-state index contributed by atoms with van der Waals surface area (Å²) in [4.78, 5) is 7.66. The summed E-state index contributed by atoms with van der Waals surface area (Å²) in [5.41, 5.74) is 1.21. The van der Waals surface area contributed by atoms with Crippen LogP contribution in [0.15, 0.2) is 17.2 Å². The van der Waals surface area contributed by atoms with E-state index in [4.69, 9.17) is 27.6 Å². The van der Waals surface area contributed by atoms with Crippen molar-refractivity contribution >= 4 is 50.9 Å². The Bertz CT molecular complexity index is 1030. The molecule has 0 aromatic carbocycles. The molecule has 2 aliphatic rings. The first-order valence-corrected chi connectivity index (χ1v) is 11.5. The van der Waals surface area contributed by atoms with E-state index in [1.54, 1.807) is 0 Å². The van der Waals surface area contributed by atoms with Crippen molar-refractivity contribution in [2.24, 2.45) is 10.6 Å². The molecular weight excluding hydrogens is 426 g/mol. The molecule has 10 heteroatoms. The normalized spacial score (nSPS) is 19.2. The van der Waals surface area contributed by atoms with E-state index in [2.05, 4.69) is 29.1 Å². The van der Waals surface area contributed by atoms with Crippen LogP contribution >= 0.6 is 35.3 Å². The number of halogens is 1. The Hall–Kier alpha value is -1.57. The summed E-state index contributed by atoms with van der Waals surface area (Å²) in [6.07, 6.45) is 5.27. The SMILES string of the molecule is CN1CCC(c2cc(SN)cn3c(C(=N)SC(=N)C4(C#N)CC4)nc(Cl)c23)CC1. The number of hydrogen-bond acceptors (Lipinski definition) is 8. The minimum atomic E-state index is -0.717. The van der Waals surface area contributed by atoms with Gasteiger partial charge in [-0.3, -0.25) is 20.4 Å². The van der Waals surface area contributed by atoms with E-state index in [-0.39, 0.29) is 10.1 Å². The van der Waals surface area contributed by atoms with Gasteiger partial charge in [-0.1, -0.05) is 23.4 Å². The molecule has 3 heterocycles. The fourth-order valence-corrected chi connectivity index (χ4v) is 5.32. The summed E-state index contributed by atoms with van der Waals surface area (Å²) in [5.74, 6) is 0.745. The maximum atomic E-state index is 9.32. The molecule has 4 N–H and O–H groups in total. The van der Waals surface area contributed by atoms with E-state index < -0.39 is 5.41 Å². The number of fused-ring (bicyclic) bond motifs is 1. The van der Waals surface area contributed by atoms with Gasteiger partial charge in [0.2, 0.25) is 0 Å². The topological polar surface area (TPSA) is 118 Å². The molecule has 29 heavy (non-hydrogen) atoms. The van der Waals surface area contributed by atoms with E-state index >= 15 is 0 Å². The molecule has 2 aromatic heterocycles. The van der Waals surface area contributed by atoms with Gasteiger partial charge < -0.3 is 4.90 Å². The van der Waals surface area contributed by atoms with Gasteiger partial charge in [-0.2, -0.15) is 5.26 Å². The van der Waals surface area contributed by atoms with Crippen LogP contribution in [-0.2, 0) is 0 Å². The highest BCUT2D eigenvalue weighted by Crippen LogP contribution is 2.49. The Kier molecular flexibility index (Phi) is 5.66. The number of likely N-dealkylation sites (tertiary alicyclic amines) is 1. The summed E-state index contributed by atoms with van der Waals surface area (Å²) in [6.45, 7) is 2.04. The minimum Gasteiger partial charge on any atom is -0.306 e. The Labute approximate surface area is 183 Å². The monoisotopic (exact) mass is 447 g/mol. The van der Waals surface area contributed by atoms with Gasteiger partial charge in [0.05, 0.1) is 16.6 Å². The lowest BCUT2D eigenvalue weighted by Gasteiger charge is -2.29. The maximum Gasteiger partial charge on any atom is 0.171 e. The molecule has 0 spiro atoms. The predicted molar refractivity (Wildman–Crippen MR) is 119 cm³/mol. The number of rotatable bonds is 4. The molecule has 0 bridgehead atoms. The average molecular weight is 448 g/mol. The van der Waals surface area contributed by atoms with Crippen LogP contribution in [0.1, 0.15) is 43.0 Å². The smallest absolute Gasteiger partial charge is 0.171 e. The third-order valence-electron chi connectivity index (χ3n) is 5.80. The number of imidazole rings is 1. The lowest BCUT2D eigenvalue weighted by Crippen LogP contribution is -2.29. The molecule has 4 rings (SSSR count). The summed E-state index contributed by atoms with van der Waals surface area (Å²) >= 11 is 8.69. The Balaban J connectivity index is 1.73. The molecule has 0 unspecified atom stereocenters. The summed E-state index contributed by atoms with van der Waals surface area (Å²) in [5, 5.41) is 32.7. The van der Waals surface area contributed by atoms with Crippen molar-refractivity contribution in [3.8, 4) is 6.07 Å². The number of aromatic nitrogens is 2. The molecule has 1 saturated carbocycles. The second-order valence-corrected chi connectivity index (χ2v) is 9.81. The number of hydrogen-bond donors (Lipinski definition) is 3. The Morgan fingerprint density at radius 1 is 1.38 bits per heavy atom. The fraction of sp³-hybridized carbons (Fsp3) is 0.474. The number of nitrogens with one attached hydrogen (secondary N) is 2. The van der Waals surface area contributed by atoms with E-state index in [0.717, 1.165) is 65.6 Å². The predicted octanol–water partition coefficient (Wildman–Crippen LogP) is 4.10. The Morgan fingerprint density at radius 2 is 2.07 bits per heavy atom. The van der Waals surface area contributed by atoms with E-state index in [1.807, 2.05) is 10.6 Å². The van der Waals surface area contributed by atoms with Gasteiger partial charge in [0.15, 0.2) is 11.0 Å². The molecule has 0 radical (unpaired) electrons. The average Bonchev–Trinajstić information content (AvgIpc) is 3.46. The number of thioether (sulfide) groups is 1. The van der Waals surface area contributed by atoms with Crippen molar-refractivity contribution < 1.29 is 0 Å². The van der Waals surface area contributed by atoms with Gasteiger partial charge in [-0.25, -0.2) is 4.98 Å². The van der Waals surface area contributed by atoms with Crippen molar-refractivity contribution in [3.05, 3.63) is 28.8 Å². The van der Waals surface area contributed by atoms with Crippen molar-refractivity contribution in [2.75, 3.05) is 20.1 Å².